The van der Waals surface area contributed by atoms with Crippen molar-refractivity contribution < 1.29 is 19.1 Å². The van der Waals surface area contributed by atoms with Crippen LogP contribution in [0.1, 0.15) is 105 Å². The van der Waals surface area contributed by atoms with E-state index in [9.17, 15) is 4.79 Å². The number of ether oxygens (including phenoxy) is 2. The van der Waals surface area contributed by atoms with E-state index < -0.39 is 0 Å². The monoisotopic (exact) mass is 999 g/mol. The van der Waals surface area contributed by atoms with Crippen molar-refractivity contribution in [2.24, 2.45) is 0 Å². The molecule has 5 aliphatic heterocycles. The van der Waals surface area contributed by atoms with Crippen LogP contribution >= 0.6 is 0 Å². The number of aromatic amines is 2. The maximum atomic E-state index is 15.1. The second kappa shape index (κ2) is 23.2. The molecular formula is C60H74N10O4. The summed E-state index contributed by atoms with van der Waals surface area (Å²) in [4.78, 5) is 60.5. The SMILES string of the molecule is CN1CCN([C@H](C(=O)N2C[C@@H]3C[C@H]2c2ncc([nH]2)-c2ccc(-c4ccc(-c5cnc([C@@H]6CCCN6C(=O)[C@@H](c6ccccc6)N6CCN(C)CC6)[nH]5)cc4)cc2OCCCCCCCCO3)c2ccccc2)CC1. The topological polar surface area (TPSA) is 129 Å². The van der Waals surface area contributed by atoms with Crippen molar-refractivity contribution in [1.82, 2.24) is 49.3 Å². The minimum absolute atomic E-state index is 0.0703. The molecule has 0 unspecified atom stereocenters. The lowest BCUT2D eigenvalue weighted by Crippen LogP contribution is -2.50. The average Bonchev–Trinajstić information content (AvgIpc) is 4.29. The number of aromatic nitrogens is 4. The zero-order valence-corrected chi connectivity index (χ0v) is 43.4. The summed E-state index contributed by atoms with van der Waals surface area (Å²) in [5.41, 5.74) is 7.98. The molecule has 0 spiro atoms. The summed E-state index contributed by atoms with van der Waals surface area (Å²) >= 11 is 0. The maximum absolute atomic E-state index is 15.1. The summed E-state index contributed by atoms with van der Waals surface area (Å²) in [6, 6.07) is 34.6. The Morgan fingerprint density at radius 2 is 1.09 bits per heavy atom. The number of hydrogen-bond donors (Lipinski definition) is 2. The van der Waals surface area contributed by atoms with Gasteiger partial charge in [0.05, 0.1) is 48.6 Å². The summed E-state index contributed by atoms with van der Waals surface area (Å²) in [5, 5.41) is 0. The van der Waals surface area contributed by atoms with E-state index >= 15 is 4.79 Å². The quantitative estimate of drug-likeness (QED) is 0.145. The third-order valence-corrected chi connectivity index (χ3v) is 16.4. The van der Waals surface area contributed by atoms with Crippen LogP contribution < -0.4 is 4.74 Å². The fourth-order valence-electron chi connectivity index (χ4n) is 12.0. The average molecular weight is 999 g/mol. The first-order valence-corrected chi connectivity index (χ1v) is 27.5. The van der Waals surface area contributed by atoms with Crippen molar-refractivity contribution in [1.29, 1.82) is 0 Å². The molecule has 388 valence electrons. The highest BCUT2D eigenvalue weighted by Gasteiger charge is 2.44. The number of piperazine rings is 2. The zero-order valence-electron chi connectivity index (χ0n) is 43.4. The number of benzene rings is 4. The van der Waals surface area contributed by atoms with Crippen molar-refractivity contribution in [3.8, 4) is 39.4 Å². The Balaban J connectivity index is 0.829. The van der Waals surface area contributed by atoms with E-state index in [1.54, 1.807) is 0 Å². The standard InChI is InChI=1S/C60H74N10O4/c1-65-28-32-67(33-29-65)55(45-16-9-7-10-17-45)59(71)69-27-15-20-52(69)57-61-40-50(63-57)44-23-21-43(22-24-44)47-25-26-49-51-41-62-58(64-51)53-39-48(73-36-13-5-3-4-6-14-37-74-54(49)38-47)42-70(53)60(72)56(46-18-11-8-12-19-46)68-34-30-66(2)31-35-68/h7-12,16-19,21-26,38,40-41,48,52-53,55-56H,3-6,13-15,20,27-37,39,42H2,1-2H3,(H,61,63)(H,62,64)/t48-,52-,53-,55+,56-/m0/s1. The van der Waals surface area contributed by atoms with E-state index in [0.717, 1.165) is 166 Å². The molecular weight excluding hydrogens is 925 g/mol. The van der Waals surface area contributed by atoms with E-state index in [1.165, 1.54) is 6.42 Å². The van der Waals surface area contributed by atoms with Crippen LogP contribution in [-0.4, -0.2) is 160 Å². The number of likely N-dealkylation sites (N-methyl/N-ethyl adjacent to an activating group) is 2. The molecule has 2 N–H and O–H groups in total. The van der Waals surface area contributed by atoms with Gasteiger partial charge in [0, 0.05) is 84.0 Å². The van der Waals surface area contributed by atoms with E-state index in [0.29, 0.717) is 26.2 Å². The lowest BCUT2D eigenvalue weighted by atomic mass is 10.00. The summed E-state index contributed by atoms with van der Waals surface area (Å²) in [5.74, 6) is 2.68. The van der Waals surface area contributed by atoms with Crippen molar-refractivity contribution in [2.75, 3.05) is 92.8 Å². The summed E-state index contributed by atoms with van der Waals surface area (Å²) in [6.07, 6.45) is 12.8. The van der Waals surface area contributed by atoms with Gasteiger partial charge in [-0.05, 0) is 79.7 Å². The molecule has 4 bridgehead atoms. The van der Waals surface area contributed by atoms with E-state index in [2.05, 4.69) is 115 Å². The van der Waals surface area contributed by atoms with Gasteiger partial charge >= 0.3 is 0 Å². The normalized spacial score (nSPS) is 22.9. The van der Waals surface area contributed by atoms with Crippen LogP contribution in [0.2, 0.25) is 0 Å². The number of nitrogens with zero attached hydrogens (tertiary/aromatic N) is 8. The number of hydrogen-bond acceptors (Lipinski definition) is 10. The van der Waals surface area contributed by atoms with Gasteiger partial charge in [-0.1, -0.05) is 117 Å². The number of rotatable bonds is 9. The Morgan fingerprint density at radius 3 is 1.74 bits per heavy atom. The molecule has 14 nitrogen and oxygen atoms in total. The van der Waals surface area contributed by atoms with E-state index in [4.69, 9.17) is 19.4 Å². The Morgan fingerprint density at radius 1 is 0.554 bits per heavy atom. The van der Waals surface area contributed by atoms with Gasteiger partial charge in [0.2, 0.25) is 11.8 Å². The molecule has 5 atom stereocenters. The largest absolute Gasteiger partial charge is 0.493 e. The van der Waals surface area contributed by atoms with Crippen LogP contribution in [0.25, 0.3) is 33.6 Å². The van der Waals surface area contributed by atoms with Crippen LogP contribution in [0.4, 0.5) is 0 Å². The number of fused-ring (bicyclic) bond motifs is 7. The summed E-state index contributed by atoms with van der Waals surface area (Å²) in [6.45, 7) is 9.70. The van der Waals surface area contributed by atoms with Crippen molar-refractivity contribution in [3.63, 3.8) is 0 Å². The molecule has 0 radical (unpaired) electrons. The molecule has 4 saturated heterocycles. The van der Waals surface area contributed by atoms with Crippen LogP contribution in [-0.2, 0) is 14.3 Å². The predicted octanol–water partition coefficient (Wildman–Crippen LogP) is 9.17. The third-order valence-electron chi connectivity index (χ3n) is 16.4. The first-order chi connectivity index (χ1) is 36.3. The Bertz CT molecular complexity index is 2780. The smallest absolute Gasteiger partial charge is 0.245 e. The molecule has 14 heteroatoms. The number of H-pyrrole nitrogens is 2. The molecule has 2 aromatic heterocycles. The number of imidazole rings is 2. The minimum atomic E-state index is -0.383. The second-order valence-electron chi connectivity index (χ2n) is 21.4. The summed E-state index contributed by atoms with van der Waals surface area (Å²) < 4.78 is 13.3. The van der Waals surface area contributed by atoms with Gasteiger partial charge in [-0.15, -0.1) is 0 Å². The summed E-state index contributed by atoms with van der Waals surface area (Å²) in [7, 11) is 4.30. The number of amides is 2. The molecule has 11 rings (SSSR count). The third kappa shape index (κ3) is 11.1. The number of carbonyl (C=O) groups excluding carboxylic acids is 2. The zero-order chi connectivity index (χ0) is 50.4. The first kappa shape index (κ1) is 50.0. The van der Waals surface area contributed by atoms with Gasteiger partial charge in [0.25, 0.3) is 0 Å². The molecule has 0 aliphatic carbocycles. The van der Waals surface area contributed by atoms with E-state index in [-0.39, 0.29) is 42.1 Å². The van der Waals surface area contributed by atoms with Gasteiger partial charge < -0.3 is 39.0 Å². The maximum Gasteiger partial charge on any atom is 0.245 e. The highest BCUT2D eigenvalue weighted by atomic mass is 16.5. The highest BCUT2D eigenvalue weighted by Crippen LogP contribution is 2.41. The second-order valence-corrected chi connectivity index (χ2v) is 21.4. The van der Waals surface area contributed by atoms with Gasteiger partial charge in [-0.3, -0.25) is 19.4 Å². The molecule has 0 saturated carbocycles. The van der Waals surface area contributed by atoms with Gasteiger partial charge in [0.15, 0.2) is 0 Å². The van der Waals surface area contributed by atoms with Gasteiger partial charge in [-0.25, -0.2) is 9.97 Å². The number of carbonyl (C=O) groups is 2. The minimum Gasteiger partial charge on any atom is -0.493 e. The van der Waals surface area contributed by atoms with Crippen LogP contribution in [0.3, 0.4) is 0 Å². The van der Waals surface area contributed by atoms with Crippen LogP contribution in [0.5, 0.6) is 5.75 Å². The molecule has 4 aromatic carbocycles. The first-order valence-electron chi connectivity index (χ1n) is 27.5. The Kier molecular flexibility index (Phi) is 15.7. The van der Waals surface area contributed by atoms with Crippen LogP contribution in [0, 0.1) is 0 Å². The molecule has 4 fully saturated rings. The van der Waals surface area contributed by atoms with Gasteiger partial charge in [0.1, 0.15) is 29.5 Å². The molecule has 6 aromatic rings. The van der Waals surface area contributed by atoms with E-state index in [1.807, 2.05) is 53.7 Å². The fraction of sp³-hybridized carbons (Fsp3) is 0.467. The van der Waals surface area contributed by atoms with Crippen molar-refractivity contribution in [3.05, 3.63) is 138 Å². The molecule has 7 heterocycles. The molecule has 74 heavy (non-hydrogen) atoms. The number of nitrogens with one attached hydrogen (secondary N) is 2. The molecule has 5 aliphatic rings. The molecule has 2 amide bonds. The van der Waals surface area contributed by atoms with Crippen molar-refractivity contribution >= 4 is 11.8 Å². The Labute approximate surface area is 437 Å². The van der Waals surface area contributed by atoms with Gasteiger partial charge in [-0.2, -0.15) is 0 Å². The highest BCUT2D eigenvalue weighted by molar-refractivity contribution is 5.85. The lowest BCUT2D eigenvalue weighted by molar-refractivity contribution is -0.140. The lowest BCUT2D eigenvalue weighted by Gasteiger charge is -2.39. The van der Waals surface area contributed by atoms with Crippen LogP contribution in [0.15, 0.2) is 116 Å². The predicted molar refractivity (Wildman–Crippen MR) is 289 cm³/mol. The fourth-order valence-corrected chi connectivity index (χ4v) is 12.0. The number of likely N-dealkylation sites (tertiary alicyclic amines) is 2. The Hall–Kier alpha value is -6.16. The van der Waals surface area contributed by atoms with Crippen molar-refractivity contribution in [2.45, 2.75) is 88.1 Å².